The zero-order chi connectivity index (χ0) is 10.2. The summed E-state index contributed by atoms with van der Waals surface area (Å²) in [7, 11) is -2.99. The van der Waals surface area contributed by atoms with Gasteiger partial charge in [-0.05, 0) is 13.3 Å². The standard InChI is InChI=1S/C5H13NO2S.C3H8.H2/c1-4-5(2)6-9(3,7)8;1-3-2;/h5-6H,4H2,1-3H3;3H2,1-2H3;1H. The van der Waals surface area contributed by atoms with Crippen molar-refractivity contribution < 1.29 is 9.84 Å². The maximum absolute atomic E-state index is 10.5. The average Bonchev–Trinajstić information content (AvgIpc) is 1.86. The fraction of sp³-hybridized carbons (Fsp3) is 1.00. The van der Waals surface area contributed by atoms with Gasteiger partial charge < -0.3 is 0 Å². The first-order valence-electron chi connectivity index (χ1n) is 4.34. The topological polar surface area (TPSA) is 46.2 Å². The number of nitrogens with one attached hydrogen (secondary N) is 1. The van der Waals surface area contributed by atoms with Crippen molar-refractivity contribution in [3.8, 4) is 0 Å². The quantitative estimate of drug-likeness (QED) is 0.752. The molecule has 3 nitrogen and oxygen atoms in total. The second kappa shape index (κ2) is 7.55. The minimum Gasteiger partial charge on any atom is -0.213 e. The zero-order valence-electron chi connectivity index (χ0n) is 8.72. The monoisotopic (exact) mass is 197 g/mol. The first-order valence-corrected chi connectivity index (χ1v) is 6.23. The molecule has 0 aromatic heterocycles. The zero-order valence-corrected chi connectivity index (χ0v) is 9.53. The summed E-state index contributed by atoms with van der Waals surface area (Å²) in [6.07, 6.45) is 3.24. The van der Waals surface area contributed by atoms with Crippen LogP contribution in [0.3, 0.4) is 0 Å². The molecule has 0 aliphatic rings. The average molecular weight is 197 g/mol. The lowest BCUT2D eigenvalue weighted by Crippen LogP contribution is -2.30. The highest BCUT2D eigenvalue weighted by molar-refractivity contribution is 7.88. The summed E-state index contributed by atoms with van der Waals surface area (Å²) in [5, 5.41) is 0. The predicted molar refractivity (Wildman–Crippen MR) is 55.8 cm³/mol. The summed E-state index contributed by atoms with van der Waals surface area (Å²) in [5.41, 5.74) is 0. The molecule has 0 saturated carbocycles. The molecule has 12 heavy (non-hydrogen) atoms. The Labute approximate surface area is 78.1 Å². The van der Waals surface area contributed by atoms with Crippen LogP contribution in [-0.4, -0.2) is 20.7 Å². The van der Waals surface area contributed by atoms with E-state index in [0.29, 0.717) is 0 Å². The Morgan fingerprint density at radius 1 is 1.33 bits per heavy atom. The molecule has 0 amide bonds. The van der Waals surface area contributed by atoms with Crippen LogP contribution in [0.4, 0.5) is 0 Å². The number of hydrogen-bond donors (Lipinski definition) is 1. The predicted octanol–water partition coefficient (Wildman–Crippen LogP) is 2.00. The molecule has 0 bridgehead atoms. The van der Waals surface area contributed by atoms with Gasteiger partial charge in [0.05, 0.1) is 6.26 Å². The smallest absolute Gasteiger partial charge is 0.208 e. The van der Waals surface area contributed by atoms with E-state index >= 15 is 0 Å². The molecule has 0 rings (SSSR count). The van der Waals surface area contributed by atoms with Crippen molar-refractivity contribution in [1.29, 1.82) is 0 Å². The molecule has 78 valence electrons. The van der Waals surface area contributed by atoms with Crippen LogP contribution in [0.25, 0.3) is 0 Å². The lowest BCUT2D eigenvalue weighted by atomic mass is 10.3. The summed E-state index contributed by atoms with van der Waals surface area (Å²) in [6.45, 7) is 8.02. The molecule has 4 heteroatoms. The van der Waals surface area contributed by atoms with Crippen molar-refractivity contribution >= 4 is 10.0 Å². The number of sulfonamides is 1. The maximum atomic E-state index is 10.5. The highest BCUT2D eigenvalue weighted by Gasteiger charge is 2.04. The molecule has 0 aliphatic carbocycles. The molecular weight excluding hydrogens is 174 g/mol. The van der Waals surface area contributed by atoms with Gasteiger partial charge in [-0.1, -0.05) is 27.2 Å². The summed E-state index contributed by atoms with van der Waals surface area (Å²) < 4.78 is 23.4. The molecule has 0 spiro atoms. The summed E-state index contributed by atoms with van der Waals surface area (Å²) in [4.78, 5) is 0. The van der Waals surface area contributed by atoms with Gasteiger partial charge in [0.25, 0.3) is 0 Å². The molecule has 1 unspecified atom stereocenters. The summed E-state index contributed by atoms with van der Waals surface area (Å²) in [5.74, 6) is 0. The van der Waals surface area contributed by atoms with Crippen molar-refractivity contribution in [3.63, 3.8) is 0 Å². The van der Waals surface area contributed by atoms with Crippen LogP contribution in [0.2, 0.25) is 0 Å². The van der Waals surface area contributed by atoms with E-state index in [2.05, 4.69) is 18.6 Å². The molecule has 1 atom stereocenters. The Morgan fingerprint density at radius 3 is 1.75 bits per heavy atom. The van der Waals surface area contributed by atoms with Crippen molar-refractivity contribution in [2.75, 3.05) is 6.26 Å². The highest BCUT2D eigenvalue weighted by atomic mass is 32.2. The van der Waals surface area contributed by atoms with Gasteiger partial charge >= 0.3 is 0 Å². The van der Waals surface area contributed by atoms with Crippen molar-refractivity contribution in [1.82, 2.24) is 4.72 Å². The third kappa shape index (κ3) is 16.5. The second-order valence-corrected chi connectivity index (χ2v) is 4.69. The third-order valence-corrected chi connectivity index (χ3v) is 1.86. The van der Waals surface area contributed by atoms with Gasteiger partial charge in [-0.2, -0.15) is 0 Å². The molecule has 0 heterocycles. The summed E-state index contributed by atoms with van der Waals surface area (Å²) >= 11 is 0. The Morgan fingerprint density at radius 2 is 1.67 bits per heavy atom. The Hall–Kier alpha value is -0.0900. The fourth-order valence-corrected chi connectivity index (χ4v) is 1.35. The highest BCUT2D eigenvalue weighted by Crippen LogP contribution is 1.89. The lowest BCUT2D eigenvalue weighted by Gasteiger charge is -2.07. The number of hydrogen-bond acceptors (Lipinski definition) is 2. The van der Waals surface area contributed by atoms with Crippen LogP contribution in [0.15, 0.2) is 0 Å². The van der Waals surface area contributed by atoms with Crippen LogP contribution in [-0.2, 0) is 10.0 Å². The van der Waals surface area contributed by atoms with E-state index in [0.717, 1.165) is 6.42 Å². The van der Waals surface area contributed by atoms with E-state index < -0.39 is 10.0 Å². The van der Waals surface area contributed by atoms with Gasteiger partial charge in [0.1, 0.15) is 0 Å². The fourth-order valence-electron chi connectivity index (χ4n) is 0.449. The molecule has 1 N–H and O–H groups in total. The third-order valence-electron chi connectivity index (χ3n) is 1.03. The van der Waals surface area contributed by atoms with Gasteiger partial charge in [-0.3, -0.25) is 0 Å². The van der Waals surface area contributed by atoms with E-state index in [4.69, 9.17) is 0 Å². The van der Waals surface area contributed by atoms with Gasteiger partial charge in [0.15, 0.2) is 0 Å². The van der Waals surface area contributed by atoms with Gasteiger partial charge in [0, 0.05) is 7.47 Å². The first kappa shape index (κ1) is 14.4. The van der Waals surface area contributed by atoms with Gasteiger partial charge in [-0.15, -0.1) is 0 Å². The van der Waals surface area contributed by atoms with E-state index in [-0.39, 0.29) is 7.47 Å². The van der Waals surface area contributed by atoms with E-state index in [1.807, 2.05) is 13.8 Å². The second-order valence-electron chi connectivity index (χ2n) is 2.91. The van der Waals surface area contributed by atoms with Crippen molar-refractivity contribution in [3.05, 3.63) is 0 Å². The Kier molecular flexibility index (Phi) is 9.09. The maximum Gasteiger partial charge on any atom is 0.208 e. The number of rotatable bonds is 3. The minimum absolute atomic E-state index is 0. The van der Waals surface area contributed by atoms with Crippen molar-refractivity contribution in [2.45, 2.75) is 46.6 Å². The van der Waals surface area contributed by atoms with Crippen LogP contribution < -0.4 is 4.72 Å². The Balaban J connectivity index is -0.000000220. The largest absolute Gasteiger partial charge is 0.213 e. The van der Waals surface area contributed by atoms with E-state index in [1.54, 1.807) is 0 Å². The molecule has 0 aromatic rings. The van der Waals surface area contributed by atoms with Gasteiger partial charge in [-0.25, -0.2) is 13.1 Å². The van der Waals surface area contributed by atoms with Crippen LogP contribution in [0.5, 0.6) is 0 Å². The normalized spacial score (nSPS) is 13.1. The van der Waals surface area contributed by atoms with Crippen LogP contribution in [0.1, 0.15) is 42.0 Å². The SMILES string of the molecule is CCC.CCC(C)NS(C)(=O)=O.[HH]. The molecular formula is C8H23NO2S. The lowest BCUT2D eigenvalue weighted by molar-refractivity contribution is 0.561. The minimum atomic E-state index is -2.99. The molecule has 0 aliphatic heterocycles. The summed E-state index contributed by atoms with van der Waals surface area (Å²) in [6, 6.07) is 0.0556. The molecule has 0 aromatic carbocycles. The van der Waals surface area contributed by atoms with Crippen LogP contribution in [0, 0.1) is 0 Å². The molecule has 0 radical (unpaired) electrons. The van der Waals surface area contributed by atoms with E-state index in [9.17, 15) is 8.42 Å². The molecule has 0 fully saturated rings. The Bertz CT molecular complexity index is 181. The molecule has 0 saturated heterocycles. The van der Waals surface area contributed by atoms with Crippen LogP contribution >= 0.6 is 0 Å². The van der Waals surface area contributed by atoms with Gasteiger partial charge in [0.2, 0.25) is 10.0 Å². The van der Waals surface area contributed by atoms with E-state index in [1.165, 1.54) is 12.7 Å². The van der Waals surface area contributed by atoms with Crippen molar-refractivity contribution in [2.24, 2.45) is 0 Å². The first-order chi connectivity index (χ1) is 5.37.